The van der Waals surface area contributed by atoms with Crippen molar-refractivity contribution >= 4 is 5.78 Å². The number of ketones is 1. The zero-order chi connectivity index (χ0) is 9.56. The molecule has 2 N–H and O–H groups in total. The van der Waals surface area contributed by atoms with Crippen LogP contribution < -0.4 is 5.32 Å². The maximum Gasteiger partial charge on any atom is 0.132 e. The number of rotatable bonds is 6. The van der Waals surface area contributed by atoms with Crippen LogP contribution in [0.3, 0.4) is 0 Å². The fourth-order valence-corrected chi connectivity index (χ4v) is 0.943. The minimum Gasteiger partial charge on any atom is -0.391 e. The van der Waals surface area contributed by atoms with E-state index in [0.717, 1.165) is 6.54 Å². The summed E-state index contributed by atoms with van der Waals surface area (Å²) < 4.78 is 0. The molecular formula is C9H19NO2. The minimum atomic E-state index is -0.527. The Morgan fingerprint density at radius 3 is 2.42 bits per heavy atom. The van der Waals surface area contributed by atoms with Crippen LogP contribution in [0.1, 0.15) is 27.2 Å². The van der Waals surface area contributed by atoms with Gasteiger partial charge in [0.25, 0.3) is 0 Å². The first-order chi connectivity index (χ1) is 5.52. The topological polar surface area (TPSA) is 49.3 Å². The minimum absolute atomic E-state index is 0.0360. The van der Waals surface area contributed by atoms with Crippen molar-refractivity contribution in [1.82, 2.24) is 5.32 Å². The van der Waals surface area contributed by atoms with E-state index in [1.165, 1.54) is 6.92 Å². The Morgan fingerprint density at radius 1 is 1.42 bits per heavy atom. The van der Waals surface area contributed by atoms with Crippen LogP contribution in [0.2, 0.25) is 0 Å². The zero-order valence-electron chi connectivity index (χ0n) is 8.13. The molecule has 0 radical (unpaired) electrons. The molecule has 0 saturated heterocycles. The van der Waals surface area contributed by atoms with Crippen LogP contribution in [0.5, 0.6) is 0 Å². The van der Waals surface area contributed by atoms with E-state index in [1.54, 1.807) is 0 Å². The molecule has 0 spiro atoms. The predicted molar refractivity (Wildman–Crippen MR) is 49.0 cm³/mol. The molecule has 0 aliphatic carbocycles. The number of hydrogen-bond acceptors (Lipinski definition) is 3. The van der Waals surface area contributed by atoms with Gasteiger partial charge < -0.3 is 10.4 Å². The van der Waals surface area contributed by atoms with Gasteiger partial charge in [-0.1, -0.05) is 13.8 Å². The summed E-state index contributed by atoms with van der Waals surface area (Å²) in [6.07, 6.45) is -0.272. The smallest absolute Gasteiger partial charge is 0.132 e. The van der Waals surface area contributed by atoms with Crippen LogP contribution in [0, 0.1) is 5.92 Å². The van der Waals surface area contributed by atoms with Gasteiger partial charge in [0.1, 0.15) is 5.78 Å². The number of carbonyl (C=O) groups excluding carboxylic acids is 1. The summed E-state index contributed by atoms with van der Waals surface area (Å²) in [6.45, 7) is 7.09. The van der Waals surface area contributed by atoms with Crippen molar-refractivity contribution < 1.29 is 9.90 Å². The van der Waals surface area contributed by atoms with Crippen LogP contribution >= 0.6 is 0 Å². The molecule has 0 aromatic carbocycles. The lowest BCUT2D eigenvalue weighted by atomic mass is 10.2. The summed E-state index contributed by atoms with van der Waals surface area (Å²) in [7, 11) is 0. The lowest BCUT2D eigenvalue weighted by Crippen LogP contribution is -2.30. The quantitative estimate of drug-likeness (QED) is 0.617. The third kappa shape index (κ3) is 7.69. The fraction of sp³-hybridized carbons (Fsp3) is 0.889. The largest absolute Gasteiger partial charge is 0.391 e. The van der Waals surface area contributed by atoms with Gasteiger partial charge in [0.2, 0.25) is 0 Å². The van der Waals surface area contributed by atoms with Gasteiger partial charge in [0.05, 0.1) is 6.10 Å². The molecule has 3 heteroatoms. The Hall–Kier alpha value is -0.410. The molecule has 0 unspecified atom stereocenters. The Bertz CT molecular complexity index is 134. The maximum atomic E-state index is 10.6. The van der Waals surface area contributed by atoms with Crippen LogP contribution in [0.15, 0.2) is 0 Å². The number of aliphatic hydroxyl groups excluding tert-OH is 1. The normalized spacial score (nSPS) is 13.4. The van der Waals surface area contributed by atoms with E-state index in [2.05, 4.69) is 19.2 Å². The van der Waals surface area contributed by atoms with Gasteiger partial charge in [-0.25, -0.2) is 0 Å². The number of aliphatic hydroxyl groups is 1. The maximum absolute atomic E-state index is 10.6. The van der Waals surface area contributed by atoms with Gasteiger partial charge in [-0.2, -0.15) is 0 Å². The summed E-state index contributed by atoms with van der Waals surface area (Å²) in [6, 6.07) is 0. The summed E-state index contributed by atoms with van der Waals surface area (Å²) >= 11 is 0. The second-order valence-electron chi connectivity index (χ2n) is 3.61. The summed E-state index contributed by atoms with van der Waals surface area (Å²) in [5.74, 6) is 0.614. The highest BCUT2D eigenvalue weighted by Gasteiger charge is 2.06. The first-order valence-corrected chi connectivity index (χ1v) is 4.40. The Morgan fingerprint density at radius 2 is 2.00 bits per heavy atom. The highest BCUT2D eigenvalue weighted by molar-refractivity contribution is 5.75. The van der Waals surface area contributed by atoms with Gasteiger partial charge in [-0.3, -0.25) is 4.79 Å². The van der Waals surface area contributed by atoms with Crippen molar-refractivity contribution in [2.24, 2.45) is 5.92 Å². The summed E-state index contributed by atoms with van der Waals surface area (Å²) in [5, 5.41) is 12.3. The fourth-order valence-electron chi connectivity index (χ4n) is 0.943. The number of Topliss-reactive ketones (excluding diaryl/α,β-unsaturated/α-hetero) is 1. The van der Waals surface area contributed by atoms with Crippen molar-refractivity contribution in [2.45, 2.75) is 33.3 Å². The molecule has 0 rings (SSSR count). The zero-order valence-corrected chi connectivity index (χ0v) is 8.13. The molecule has 0 aromatic rings. The van der Waals surface area contributed by atoms with E-state index in [0.29, 0.717) is 12.5 Å². The molecule has 0 amide bonds. The van der Waals surface area contributed by atoms with Crippen molar-refractivity contribution in [3.05, 3.63) is 0 Å². The third-order valence-corrected chi connectivity index (χ3v) is 1.46. The van der Waals surface area contributed by atoms with Crippen LogP contribution in [0.4, 0.5) is 0 Å². The van der Waals surface area contributed by atoms with Crippen LogP contribution in [-0.4, -0.2) is 30.1 Å². The Labute approximate surface area is 74.2 Å². The monoisotopic (exact) mass is 173 g/mol. The average Bonchev–Trinajstić information content (AvgIpc) is 1.84. The lowest BCUT2D eigenvalue weighted by Gasteiger charge is -2.11. The Balaban J connectivity index is 3.31. The van der Waals surface area contributed by atoms with Gasteiger partial charge >= 0.3 is 0 Å². The van der Waals surface area contributed by atoms with Crippen molar-refractivity contribution in [3.63, 3.8) is 0 Å². The Kier molecular flexibility index (Phi) is 5.93. The second kappa shape index (κ2) is 6.14. The SMILES string of the molecule is CC(=O)C[C@H](O)CNCC(C)C. The van der Waals surface area contributed by atoms with E-state index < -0.39 is 6.10 Å². The molecule has 0 heterocycles. The molecule has 0 aromatic heterocycles. The lowest BCUT2D eigenvalue weighted by molar-refractivity contribution is -0.118. The molecule has 0 fully saturated rings. The molecule has 72 valence electrons. The first-order valence-electron chi connectivity index (χ1n) is 4.40. The molecule has 0 bridgehead atoms. The molecular weight excluding hydrogens is 154 g/mol. The van der Waals surface area contributed by atoms with Crippen molar-refractivity contribution in [2.75, 3.05) is 13.1 Å². The van der Waals surface area contributed by atoms with Gasteiger partial charge in [-0.05, 0) is 19.4 Å². The van der Waals surface area contributed by atoms with Crippen LogP contribution in [0.25, 0.3) is 0 Å². The van der Waals surface area contributed by atoms with Crippen LogP contribution in [-0.2, 0) is 4.79 Å². The molecule has 3 nitrogen and oxygen atoms in total. The molecule has 12 heavy (non-hydrogen) atoms. The average molecular weight is 173 g/mol. The second-order valence-corrected chi connectivity index (χ2v) is 3.61. The number of hydrogen-bond donors (Lipinski definition) is 2. The molecule has 1 atom stereocenters. The van der Waals surface area contributed by atoms with Gasteiger partial charge in [0, 0.05) is 13.0 Å². The van der Waals surface area contributed by atoms with E-state index in [4.69, 9.17) is 0 Å². The summed E-state index contributed by atoms with van der Waals surface area (Å²) in [5.41, 5.74) is 0. The standard InChI is InChI=1S/C9H19NO2/c1-7(2)5-10-6-9(12)4-8(3)11/h7,9-10,12H,4-6H2,1-3H3/t9-/m0/s1. The highest BCUT2D eigenvalue weighted by Crippen LogP contribution is 1.92. The molecule has 0 aliphatic rings. The van der Waals surface area contributed by atoms with E-state index in [1.807, 2.05) is 0 Å². The number of carbonyl (C=O) groups is 1. The molecule has 0 saturated carbocycles. The molecule has 0 aliphatic heterocycles. The van der Waals surface area contributed by atoms with Crippen molar-refractivity contribution in [1.29, 1.82) is 0 Å². The highest BCUT2D eigenvalue weighted by atomic mass is 16.3. The number of nitrogens with one attached hydrogen (secondary N) is 1. The first kappa shape index (κ1) is 11.6. The van der Waals surface area contributed by atoms with Gasteiger partial charge in [-0.15, -0.1) is 0 Å². The van der Waals surface area contributed by atoms with E-state index in [9.17, 15) is 9.90 Å². The van der Waals surface area contributed by atoms with Gasteiger partial charge in [0.15, 0.2) is 0 Å². The predicted octanol–water partition coefficient (Wildman–Crippen LogP) is 0.572. The third-order valence-electron chi connectivity index (χ3n) is 1.46. The summed E-state index contributed by atoms with van der Waals surface area (Å²) in [4.78, 5) is 10.6. The van der Waals surface area contributed by atoms with E-state index in [-0.39, 0.29) is 12.2 Å². The van der Waals surface area contributed by atoms with E-state index >= 15 is 0 Å². The van der Waals surface area contributed by atoms with Crippen molar-refractivity contribution in [3.8, 4) is 0 Å².